The second-order valence-corrected chi connectivity index (χ2v) is 5.03. The monoisotopic (exact) mass is 279 g/mol. The molecular formula is C13H31N2O4+. The first-order chi connectivity index (χ1) is 8.79. The number of quaternary nitrogens is 1. The van der Waals surface area contributed by atoms with Gasteiger partial charge in [-0.3, -0.25) is 0 Å². The van der Waals surface area contributed by atoms with E-state index in [9.17, 15) is 20.4 Å². The van der Waals surface area contributed by atoms with Gasteiger partial charge in [-0.15, -0.1) is 0 Å². The Morgan fingerprint density at radius 3 is 1.42 bits per heavy atom. The molecule has 4 unspecified atom stereocenters. The van der Waals surface area contributed by atoms with Crippen LogP contribution in [0.2, 0.25) is 0 Å². The van der Waals surface area contributed by atoms with Crippen molar-refractivity contribution in [2.24, 2.45) is 0 Å². The molecule has 6 heteroatoms. The van der Waals surface area contributed by atoms with Crippen molar-refractivity contribution < 1.29 is 25.0 Å². The summed E-state index contributed by atoms with van der Waals surface area (Å²) in [6.07, 6.45) is -2.15. The summed E-state index contributed by atoms with van der Waals surface area (Å²) in [7, 11) is 0. The van der Waals surface area contributed by atoms with Crippen molar-refractivity contribution in [2.75, 3.05) is 6.54 Å². The van der Waals surface area contributed by atoms with Crippen molar-refractivity contribution in [1.29, 1.82) is 0 Å². The molecule has 4 atom stereocenters. The Hall–Kier alpha value is -0.240. The topological polar surface area (TPSA) is 84.2 Å². The van der Waals surface area contributed by atoms with Crippen LogP contribution in [0.15, 0.2) is 0 Å². The summed E-state index contributed by atoms with van der Waals surface area (Å²) in [5, 5.41) is 42.1. The Balaban J connectivity index is 5.77. The predicted octanol–water partition coefficient (Wildman–Crippen LogP) is 0.564. The minimum Gasteiger partial charge on any atom is -0.373 e. The van der Waals surface area contributed by atoms with Gasteiger partial charge < -0.3 is 20.4 Å². The standard InChI is InChI=1S/C13H31N2O4/c1-6-9-15(12(18)7-2,13(19)8-3)14(10(4)16)11(5)17/h10-13,16-19H,6-9H2,1-5H3/q+1. The second-order valence-electron chi connectivity index (χ2n) is 5.03. The fourth-order valence-corrected chi connectivity index (χ4v) is 2.84. The summed E-state index contributed by atoms with van der Waals surface area (Å²) >= 11 is 0. The molecule has 0 saturated heterocycles. The molecule has 0 aliphatic carbocycles. The van der Waals surface area contributed by atoms with Crippen LogP contribution in [0, 0.1) is 0 Å². The molecule has 0 aliphatic heterocycles. The molecular weight excluding hydrogens is 248 g/mol. The van der Waals surface area contributed by atoms with Crippen LogP contribution in [-0.4, -0.2) is 61.5 Å². The Labute approximate surface area is 116 Å². The molecule has 0 aromatic rings. The minimum absolute atomic E-state index is 0.223. The second kappa shape index (κ2) is 8.14. The highest BCUT2D eigenvalue weighted by atomic mass is 16.4. The Bertz CT molecular complexity index is 231. The van der Waals surface area contributed by atoms with E-state index in [1.165, 1.54) is 18.9 Å². The zero-order valence-corrected chi connectivity index (χ0v) is 12.8. The third-order valence-electron chi connectivity index (χ3n) is 3.54. The van der Waals surface area contributed by atoms with Crippen LogP contribution in [0.25, 0.3) is 0 Å². The molecule has 0 heterocycles. The molecule has 0 spiro atoms. The van der Waals surface area contributed by atoms with Crippen LogP contribution in [-0.2, 0) is 0 Å². The van der Waals surface area contributed by atoms with E-state index in [1.54, 1.807) is 0 Å². The first-order valence-corrected chi connectivity index (χ1v) is 7.17. The average molecular weight is 279 g/mol. The van der Waals surface area contributed by atoms with Gasteiger partial charge in [0.2, 0.25) is 12.5 Å². The highest BCUT2D eigenvalue weighted by Crippen LogP contribution is 2.29. The molecule has 0 aromatic carbocycles. The lowest BCUT2D eigenvalue weighted by atomic mass is 10.2. The highest BCUT2D eigenvalue weighted by Gasteiger charge is 2.50. The van der Waals surface area contributed by atoms with Gasteiger partial charge in [0.15, 0.2) is 12.5 Å². The SMILES string of the molecule is CCC[N+](C(O)CC)(C(O)CC)N(C(C)O)C(C)O. The van der Waals surface area contributed by atoms with E-state index in [0.717, 1.165) is 0 Å². The van der Waals surface area contributed by atoms with Gasteiger partial charge in [-0.2, -0.15) is 4.59 Å². The maximum Gasteiger partial charge on any atom is 0.210 e. The van der Waals surface area contributed by atoms with Crippen molar-refractivity contribution in [2.45, 2.75) is 78.8 Å². The van der Waals surface area contributed by atoms with Crippen LogP contribution in [0.1, 0.15) is 53.9 Å². The van der Waals surface area contributed by atoms with Crippen molar-refractivity contribution >= 4 is 0 Å². The van der Waals surface area contributed by atoms with E-state index in [2.05, 4.69) is 0 Å². The van der Waals surface area contributed by atoms with E-state index in [-0.39, 0.29) is 4.59 Å². The van der Waals surface area contributed by atoms with Crippen molar-refractivity contribution in [3.8, 4) is 0 Å². The van der Waals surface area contributed by atoms with Gasteiger partial charge in [-0.1, -0.05) is 25.8 Å². The summed E-state index contributed by atoms with van der Waals surface area (Å²) in [4.78, 5) is 0. The molecule has 0 aliphatic rings. The minimum atomic E-state index is -0.978. The Kier molecular flexibility index (Phi) is 8.03. The largest absolute Gasteiger partial charge is 0.373 e. The van der Waals surface area contributed by atoms with Gasteiger partial charge in [0, 0.05) is 12.8 Å². The van der Waals surface area contributed by atoms with Gasteiger partial charge in [-0.25, -0.2) is 0 Å². The van der Waals surface area contributed by atoms with Crippen molar-refractivity contribution in [1.82, 2.24) is 5.01 Å². The lowest BCUT2D eigenvalue weighted by Gasteiger charge is -2.52. The van der Waals surface area contributed by atoms with Gasteiger partial charge in [0.1, 0.15) is 6.54 Å². The molecule has 0 fully saturated rings. The normalized spacial score (nSPS) is 21.8. The van der Waals surface area contributed by atoms with Gasteiger partial charge in [0.25, 0.3) is 0 Å². The predicted molar refractivity (Wildman–Crippen MR) is 73.2 cm³/mol. The molecule has 19 heavy (non-hydrogen) atoms. The third-order valence-corrected chi connectivity index (χ3v) is 3.54. The average Bonchev–Trinajstić information content (AvgIpc) is 2.34. The third kappa shape index (κ3) is 3.87. The fraction of sp³-hybridized carbons (Fsp3) is 1.00. The maximum absolute atomic E-state index is 10.4. The van der Waals surface area contributed by atoms with Crippen LogP contribution < -0.4 is 0 Å². The van der Waals surface area contributed by atoms with Crippen LogP contribution in [0.4, 0.5) is 0 Å². The molecule has 0 bridgehead atoms. The summed E-state index contributed by atoms with van der Waals surface area (Å²) in [6, 6.07) is 0. The Morgan fingerprint density at radius 2 is 1.21 bits per heavy atom. The molecule has 116 valence electrons. The smallest absolute Gasteiger partial charge is 0.210 e. The lowest BCUT2D eigenvalue weighted by molar-refractivity contribution is -1.11. The van der Waals surface area contributed by atoms with E-state index >= 15 is 0 Å². The van der Waals surface area contributed by atoms with Crippen molar-refractivity contribution in [3.05, 3.63) is 0 Å². The molecule has 4 N–H and O–H groups in total. The van der Waals surface area contributed by atoms with Crippen molar-refractivity contribution in [3.63, 3.8) is 0 Å². The zero-order valence-electron chi connectivity index (χ0n) is 12.8. The number of aliphatic hydroxyl groups is 4. The van der Waals surface area contributed by atoms with Crippen LogP contribution >= 0.6 is 0 Å². The maximum atomic E-state index is 10.4. The summed E-state index contributed by atoms with van der Waals surface area (Å²) < 4.78 is -0.223. The number of hydrogen-bond donors (Lipinski definition) is 4. The van der Waals surface area contributed by atoms with Gasteiger partial charge >= 0.3 is 0 Å². The van der Waals surface area contributed by atoms with Gasteiger partial charge in [0.05, 0.1) is 0 Å². The number of hydrogen-bond acceptors (Lipinski definition) is 5. The molecule has 6 nitrogen and oxygen atoms in total. The van der Waals surface area contributed by atoms with E-state index in [1.807, 2.05) is 20.8 Å². The van der Waals surface area contributed by atoms with E-state index in [4.69, 9.17) is 0 Å². The molecule has 0 amide bonds. The quantitative estimate of drug-likeness (QED) is 0.282. The van der Waals surface area contributed by atoms with Gasteiger partial charge in [-0.05, 0) is 20.3 Å². The van der Waals surface area contributed by atoms with E-state index < -0.39 is 24.9 Å². The molecule has 0 rings (SSSR count). The first-order valence-electron chi connectivity index (χ1n) is 7.17. The Morgan fingerprint density at radius 1 is 0.842 bits per heavy atom. The summed E-state index contributed by atoms with van der Waals surface area (Å²) in [5.74, 6) is 0. The van der Waals surface area contributed by atoms with E-state index in [0.29, 0.717) is 25.8 Å². The zero-order chi connectivity index (χ0) is 15.2. The molecule has 0 aromatic heterocycles. The lowest BCUT2D eigenvalue weighted by Crippen LogP contribution is -2.74. The fourth-order valence-electron chi connectivity index (χ4n) is 2.84. The summed E-state index contributed by atoms with van der Waals surface area (Å²) in [6.45, 7) is 9.08. The van der Waals surface area contributed by atoms with Crippen LogP contribution in [0.5, 0.6) is 0 Å². The molecule has 0 saturated carbocycles. The number of rotatable bonds is 9. The number of nitrogens with zero attached hydrogens (tertiary/aromatic N) is 2. The first kappa shape index (κ1) is 18.8. The summed E-state index contributed by atoms with van der Waals surface area (Å²) in [5.41, 5.74) is 0. The highest BCUT2D eigenvalue weighted by molar-refractivity contribution is 4.56. The molecule has 0 radical (unpaired) electrons. The number of aliphatic hydroxyl groups excluding tert-OH is 4. The van der Waals surface area contributed by atoms with Crippen LogP contribution in [0.3, 0.4) is 0 Å².